The number of rotatable bonds is 4. The number of aliphatic hydroxyl groups is 1. The van der Waals surface area contributed by atoms with E-state index >= 15 is 0 Å². The third-order valence-electron chi connectivity index (χ3n) is 3.83. The van der Waals surface area contributed by atoms with E-state index in [1.165, 1.54) is 0 Å². The van der Waals surface area contributed by atoms with E-state index in [4.69, 9.17) is 10.5 Å². The van der Waals surface area contributed by atoms with E-state index in [2.05, 4.69) is 5.32 Å². The van der Waals surface area contributed by atoms with Gasteiger partial charge in [-0.05, 0) is 18.6 Å². The van der Waals surface area contributed by atoms with Crippen molar-refractivity contribution in [2.45, 2.75) is 32.4 Å². The van der Waals surface area contributed by atoms with Crippen LogP contribution in [0.1, 0.15) is 20.3 Å². The maximum atomic E-state index is 11.8. The van der Waals surface area contributed by atoms with Gasteiger partial charge in [-0.3, -0.25) is 4.79 Å². The lowest BCUT2D eigenvalue weighted by atomic mass is 9.64. The fourth-order valence-corrected chi connectivity index (χ4v) is 2.14. The molecule has 4 N–H and O–H groups in total. The number of para-hydroxylation sites is 2. The van der Waals surface area contributed by atoms with Crippen LogP contribution in [-0.4, -0.2) is 29.8 Å². The first-order valence-corrected chi connectivity index (χ1v) is 6.36. The first kappa shape index (κ1) is 13.7. The molecule has 104 valence electrons. The fraction of sp³-hybridized carbons (Fsp3) is 0.500. The Labute approximate surface area is 112 Å². The Morgan fingerprint density at radius 2 is 2.21 bits per heavy atom. The summed E-state index contributed by atoms with van der Waals surface area (Å²) in [6.45, 7) is 3.79. The molecule has 2 atom stereocenters. The Bertz CT molecular complexity index is 474. The van der Waals surface area contributed by atoms with E-state index in [1.54, 1.807) is 24.3 Å². The summed E-state index contributed by atoms with van der Waals surface area (Å²) in [5, 5.41) is 12.5. The number of nitrogens with two attached hydrogens (primary N) is 1. The van der Waals surface area contributed by atoms with Crippen molar-refractivity contribution in [3.63, 3.8) is 0 Å². The highest BCUT2D eigenvalue weighted by Gasteiger charge is 2.47. The van der Waals surface area contributed by atoms with Crippen LogP contribution in [0.15, 0.2) is 24.3 Å². The first-order chi connectivity index (χ1) is 8.91. The highest BCUT2D eigenvalue weighted by atomic mass is 16.5. The van der Waals surface area contributed by atoms with Gasteiger partial charge in [0, 0.05) is 11.5 Å². The van der Waals surface area contributed by atoms with E-state index in [1.807, 2.05) is 13.8 Å². The summed E-state index contributed by atoms with van der Waals surface area (Å²) in [5.41, 5.74) is 5.95. The molecule has 0 bridgehead atoms. The van der Waals surface area contributed by atoms with E-state index in [0.717, 1.165) is 0 Å². The molecule has 0 aliphatic heterocycles. The Morgan fingerprint density at radius 3 is 2.79 bits per heavy atom. The van der Waals surface area contributed by atoms with Gasteiger partial charge < -0.3 is 20.9 Å². The quantitative estimate of drug-likeness (QED) is 0.706. The molecule has 2 rings (SSSR count). The van der Waals surface area contributed by atoms with Gasteiger partial charge in [-0.25, -0.2) is 0 Å². The van der Waals surface area contributed by atoms with E-state index in [9.17, 15) is 9.90 Å². The first-order valence-electron chi connectivity index (χ1n) is 6.36. The summed E-state index contributed by atoms with van der Waals surface area (Å²) in [7, 11) is 0. The zero-order valence-corrected chi connectivity index (χ0v) is 11.2. The van der Waals surface area contributed by atoms with Crippen LogP contribution in [0.5, 0.6) is 5.75 Å². The normalized spacial score (nSPS) is 24.4. The van der Waals surface area contributed by atoms with Gasteiger partial charge in [-0.15, -0.1) is 0 Å². The summed E-state index contributed by atoms with van der Waals surface area (Å²) < 4.78 is 5.36. The Balaban J connectivity index is 1.82. The highest BCUT2D eigenvalue weighted by molar-refractivity contribution is 5.78. The van der Waals surface area contributed by atoms with Crippen molar-refractivity contribution in [2.75, 3.05) is 12.3 Å². The van der Waals surface area contributed by atoms with Gasteiger partial charge in [-0.2, -0.15) is 0 Å². The minimum absolute atomic E-state index is 0.00767. The fourth-order valence-electron chi connectivity index (χ4n) is 2.14. The topological polar surface area (TPSA) is 84.6 Å². The maximum Gasteiger partial charge on any atom is 0.258 e. The monoisotopic (exact) mass is 264 g/mol. The van der Waals surface area contributed by atoms with Crippen molar-refractivity contribution in [3.05, 3.63) is 24.3 Å². The zero-order chi connectivity index (χ0) is 14.0. The standard InChI is InChI=1S/C14H20N2O3/c1-14(2)11(7-12(14)17)16-13(18)8-19-10-6-4-3-5-9(10)15/h3-6,11-12,17H,7-8,15H2,1-2H3,(H,16,18). The number of hydrogen-bond donors (Lipinski definition) is 3. The van der Waals surface area contributed by atoms with Gasteiger partial charge in [0.2, 0.25) is 0 Å². The molecule has 0 saturated heterocycles. The summed E-state index contributed by atoms with van der Waals surface area (Å²) in [5.74, 6) is 0.304. The molecule has 0 radical (unpaired) electrons. The number of carbonyl (C=O) groups excluding carboxylic acids is 1. The summed E-state index contributed by atoms with van der Waals surface area (Å²) in [6, 6.07) is 7.04. The molecule has 1 aliphatic carbocycles. The predicted molar refractivity (Wildman–Crippen MR) is 72.7 cm³/mol. The van der Waals surface area contributed by atoms with Gasteiger partial charge in [0.1, 0.15) is 5.75 Å². The largest absolute Gasteiger partial charge is 0.482 e. The molecule has 1 aromatic carbocycles. The number of nitrogen functional groups attached to an aromatic ring is 1. The van der Waals surface area contributed by atoms with Gasteiger partial charge in [-0.1, -0.05) is 26.0 Å². The summed E-state index contributed by atoms with van der Waals surface area (Å²) in [6.07, 6.45) is 0.232. The molecule has 1 amide bonds. The molecule has 5 heteroatoms. The molecule has 0 spiro atoms. The van der Waals surface area contributed by atoms with Crippen molar-refractivity contribution >= 4 is 11.6 Å². The molecule has 1 aliphatic rings. The lowest BCUT2D eigenvalue weighted by molar-refractivity contribution is -0.131. The van der Waals surface area contributed by atoms with Crippen LogP contribution in [0.2, 0.25) is 0 Å². The van der Waals surface area contributed by atoms with Crippen LogP contribution in [-0.2, 0) is 4.79 Å². The lowest BCUT2D eigenvalue weighted by Gasteiger charge is -2.49. The average Bonchev–Trinajstić information content (AvgIpc) is 2.37. The van der Waals surface area contributed by atoms with Crippen LogP contribution < -0.4 is 15.8 Å². The highest BCUT2D eigenvalue weighted by Crippen LogP contribution is 2.40. The van der Waals surface area contributed by atoms with Gasteiger partial charge in [0.15, 0.2) is 6.61 Å². The van der Waals surface area contributed by atoms with Gasteiger partial charge in [0.05, 0.1) is 11.8 Å². The second-order valence-electron chi connectivity index (χ2n) is 5.52. The SMILES string of the molecule is CC1(C)C(O)CC1NC(=O)COc1ccccc1N. The van der Waals surface area contributed by atoms with Crippen molar-refractivity contribution in [1.29, 1.82) is 0 Å². The number of benzene rings is 1. The molecule has 2 unspecified atom stereocenters. The lowest BCUT2D eigenvalue weighted by Crippen LogP contribution is -2.61. The Kier molecular flexibility index (Phi) is 3.66. The van der Waals surface area contributed by atoms with Gasteiger partial charge in [0.25, 0.3) is 5.91 Å². The summed E-state index contributed by atoms with van der Waals surface area (Å²) >= 11 is 0. The molecule has 1 fully saturated rings. The maximum absolute atomic E-state index is 11.8. The summed E-state index contributed by atoms with van der Waals surface area (Å²) in [4.78, 5) is 11.8. The molecule has 1 aromatic rings. The number of carbonyl (C=O) groups is 1. The molecule has 19 heavy (non-hydrogen) atoms. The Hall–Kier alpha value is -1.75. The molecular formula is C14H20N2O3. The minimum atomic E-state index is -0.358. The van der Waals surface area contributed by atoms with Crippen molar-refractivity contribution in [3.8, 4) is 5.75 Å². The number of anilines is 1. The van der Waals surface area contributed by atoms with Crippen LogP contribution in [0.4, 0.5) is 5.69 Å². The predicted octanol–water partition coefficient (Wildman–Crippen LogP) is 0.923. The van der Waals surface area contributed by atoms with Crippen molar-refractivity contribution in [2.24, 2.45) is 5.41 Å². The van der Waals surface area contributed by atoms with E-state index in [0.29, 0.717) is 17.9 Å². The molecular weight excluding hydrogens is 244 g/mol. The molecule has 1 saturated carbocycles. The second kappa shape index (κ2) is 5.09. The number of amides is 1. The van der Waals surface area contributed by atoms with Crippen LogP contribution in [0.25, 0.3) is 0 Å². The number of nitrogens with one attached hydrogen (secondary N) is 1. The van der Waals surface area contributed by atoms with Crippen LogP contribution >= 0.6 is 0 Å². The zero-order valence-electron chi connectivity index (χ0n) is 11.2. The van der Waals surface area contributed by atoms with Crippen molar-refractivity contribution < 1.29 is 14.6 Å². The Morgan fingerprint density at radius 1 is 1.53 bits per heavy atom. The van der Waals surface area contributed by atoms with E-state index in [-0.39, 0.29) is 30.1 Å². The number of hydrogen-bond acceptors (Lipinski definition) is 4. The number of aliphatic hydroxyl groups excluding tert-OH is 1. The smallest absolute Gasteiger partial charge is 0.258 e. The third-order valence-corrected chi connectivity index (χ3v) is 3.83. The second-order valence-corrected chi connectivity index (χ2v) is 5.52. The average molecular weight is 264 g/mol. The van der Waals surface area contributed by atoms with Crippen LogP contribution in [0, 0.1) is 5.41 Å². The van der Waals surface area contributed by atoms with E-state index < -0.39 is 0 Å². The molecule has 5 nitrogen and oxygen atoms in total. The van der Waals surface area contributed by atoms with Gasteiger partial charge >= 0.3 is 0 Å². The molecule has 0 heterocycles. The molecule has 0 aromatic heterocycles. The van der Waals surface area contributed by atoms with Crippen LogP contribution in [0.3, 0.4) is 0 Å². The number of ether oxygens (including phenoxy) is 1. The van der Waals surface area contributed by atoms with Crippen molar-refractivity contribution in [1.82, 2.24) is 5.32 Å². The third kappa shape index (κ3) is 2.81. The minimum Gasteiger partial charge on any atom is -0.482 e.